The van der Waals surface area contributed by atoms with E-state index in [1.165, 1.54) is 5.56 Å². The summed E-state index contributed by atoms with van der Waals surface area (Å²) >= 11 is 1.67. The van der Waals surface area contributed by atoms with Crippen LogP contribution in [0.4, 0.5) is 0 Å². The topological polar surface area (TPSA) is 50.8 Å². The summed E-state index contributed by atoms with van der Waals surface area (Å²) in [5, 5.41) is 5.32. The molecular weight excluding hydrogens is 408 g/mol. The fraction of sp³-hybridized carbons (Fsp3) is 0.320. The molecule has 0 radical (unpaired) electrons. The fourth-order valence-corrected chi connectivity index (χ4v) is 5.27. The number of amides is 1. The minimum atomic E-state index is -0.121. The van der Waals surface area contributed by atoms with Crippen LogP contribution in [0.15, 0.2) is 66.0 Å². The lowest BCUT2D eigenvalue weighted by molar-refractivity contribution is -0.123. The number of rotatable bonds is 6. The Hall–Kier alpha value is -2.83. The number of nitrogens with one attached hydrogen (secondary N) is 1. The Kier molecular flexibility index (Phi) is 5.91. The number of ether oxygens (including phenoxy) is 2. The Balaban J connectivity index is 1.30. The van der Waals surface area contributed by atoms with Gasteiger partial charge in [0.15, 0.2) is 11.5 Å². The lowest BCUT2D eigenvalue weighted by atomic mass is 10.0. The number of carbonyl (C=O) groups is 1. The number of benzene rings is 2. The van der Waals surface area contributed by atoms with Gasteiger partial charge in [-0.15, -0.1) is 11.3 Å². The van der Waals surface area contributed by atoms with Crippen molar-refractivity contribution in [2.24, 2.45) is 0 Å². The summed E-state index contributed by atoms with van der Waals surface area (Å²) in [6.45, 7) is 2.47. The average molecular weight is 435 g/mol. The minimum absolute atomic E-state index is 0.0479. The van der Waals surface area contributed by atoms with Gasteiger partial charge in [-0.25, -0.2) is 0 Å². The van der Waals surface area contributed by atoms with E-state index in [9.17, 15) is 4.79 Å². The summed E-state index contributed by atoms with van der Waals surface area (Å²) in [5.41, 5.74) is 2.29. The van der Waals surface area contributed by atoms with Gasteiger partial charge >= 0.3 is 0 Å². The SMILES string of the molecule is O=C(CN1CCC[C@H]1c1ccc2c(c1)OCCO2)N[C@H](c1ccccc1)c1cccs1. The van der Waals surface area contributed by atoms with E-state index in [0.717, 1.165) is 41.3 Å². The first-order chi connectivity index (χ1) is 15.3. The van der Waals surface area contributed by atoms with E-state index >= 15 is 0 Å². The van der Waals surface area contributed by atoms with Crippen LogP contribution in [0.3, 0.4) is 0 Å². The summed E-state index contributed by atoms with van der Waals surface area (Å²) < 4.78 is 11.4. The second-order valence-corrected chi connectivity index (χ2v) is 8.94. The highest BCUT2D eigenvalue weighted by Crippen LogP contribution is 2.38. The molecule has 1 N–H and O–H groups in total. The van der Waals surface area contributed by atoms with Gasteiger partial charge in [-0.05, 0) is 54.1 Å². The zero-order valence-corrected chi connectivity index (χ0v) is 18.1. The number of likely N-dealkylation sites (tertiary alicyclic amines) is 1. The van der Waals surface area contributed by atoms with Crippen LogP contribution in [0.2, 0.25) is 0 Å². The van der Waals surface area contributed by atoms with Crippen molar-refractivity contribution in [3.05, 3.63) is 82.0 Å². The van der Waals surface area contributed by atoms with Crippen LogP contribution in [-0.4, -0.2) is 37.1 Å². The van der Waals surface area contributed by atoms with Gasteiger partial charge in [-0.1, -0.05) is 42.5 Å². The van der Waals surface area contributed by atoms with Crippen molar-refractivity contribution < 1.29 is 14.3 Å². The molecule has 160 valence electrons. The van der Waals surface area contributed by atoms with Gasteiger partial charge in [-0.2, -0.15) is 0 Å². The molecule has 0 saturated carbocycles. The van der Waals surface area contributed by atoms with Gasteiger partial charge in [0.2, 0.25) is 5.91 Å². The molecule has 5 nitrogen and oxygen atoms in total. The fourth-order valence-electron chi connectivity index (χ4n) is 4.47. The second-order valence-electron chi connectivity index (χ2n) is 7.96. The van der Waals surface area contributed by atoms with Crippen LogP contribution in [0, 0.1) is 0 Å². The first-order valence-corrected chi connectivity index (χ1v) is 11.7. The van der Waals surface area contributed by atoms with Crippen molar-refractivity contribution in [2.45, 2.75) is 24.9 Å². The number of hydrogen-bond acceptors (Lipinski definition) is 5. The van der Waals surface area contributed by atoms with Crippen molar-refractivity contribution in [1.29, 1.82) is 0 Å². The zero-order valence-electron chi connectivity index (χ0n) is 17.3. The van der Waals surface area contributed by atoms with E-state index < -0.39 is 0 Å². The molecule has 1 amide bonds. The molecular formula is C25H26N2O3S. The molecule has 1 fully saturated rings. The quantitative estimate of drug-likeness (QED) is 0.618. The largest absolute Gasteiger partial charge is 0.486 e. The van der Waals surface area contributed by atoms with E-state index in [1.54, 1.807) is 11.3 Å². The molecule has 1 aromatic heterocycles. The normalized spacial score (nSPS) is 19.2. The molecule has 2 aliphatic heterocycles. The van der Waals surface area contributed by atoms with Crippen molar-refractivity contribution in [2.75, 3.05) is 26.3 Å². The Bertz CT molecular complexity index is 1020. The van der Waals surface area contributed by atoms with E-state index in [2.05, 4.69) is 45.9 Å². The zero-order chi connectivity index (χ0) is 21.0. The third-order valence-electron chi connectivity index (χ3n) is 5.93. The van der Waals surface area contributed by atoms with Crippen molar-refractivity contribution >= 4 is 17.2 Å². The Labute approximate surface area is 186 Å². The van der Waals surface area contributed by atoms with E-state index in [4.69, 9.17) is 9.47 Å². The van der Waals surface area contributed by atoms with Crippen LogP contribution < -0.4 is 14.8 Å². The van der Waals surface area contributed by atoms with Gasteiger partial charge in [-0.3, -0.25) is 9.69 Å². The summed E-state index contributed by atoms with van der Waals surface area (Å²) in [7, 11) is 0. The molecule has 6 heteroatoms. The van der Waals surface area contributed by atoms with Gasteiger partial charge in [0, 0.05) is 10.9 Å². The predicted octanol–water partition coefficient (Wildman–Crippen LogP) is 4.56. The molecule has 3 aromatic rings. The summed E-state index contributed by atoms with van der Waals surface area (Å²) in [4.78, 5) is 16.5. The molecule has 3 heterocycles. The summed E-state index contributed by atoms with van der Waals surface area (Å²) in [6.07, 6.45) is 2.12. The molecule has 0 aliphatic carbocycles. The van der Waals surface area contributed by atoms with Gasteiger partial charge in [0.05, 0.1) is 12.6 Å². The maximum Gasteiger partial charge on any atom is 0.234 e. The summed E-state index contributed by atoms with van der Waals surface area (Å²) in [6, 6.07) is 20.5. The van der Waals surface area contributed by atoms with E-state index in [1.807, 2.05) is 30.3 Å². The Morgan fingerprint density at radius 3 is 2.71 bits per heavy atom. The predicted molar refractivity (Wildman–Crippen MR) is 122 cm³/mol. The van der Waals surface area contributed by atoms with Crippen LogP contribution in [0.1, 0.15) is 40.9 Å². The van der Waals surface area contributed by atoms with Crippen molar-refractivity contribution in [3.8, 4) is 11.5 Å². The smallest absolute Gasteiger partial charge is 0.234 e. The molecule has 0 unspecified atom stereocenters. The van der Waals surface area contributed by atoms with Gasteiger partial charge in [0.25, 0.3) is 0 Å². The average Bonchev–Trinajstić information content (AvgIpc) is 3.50. The standard InChI is InChI=1S/C25H26N2O3S/c28-24(26-25(23-9-5-15-31-23)18-6-2-1-3-7-18)17-27-12-4-8-20(27)19-10-11-21-22(16-19)30-14-13-29-21/h1-3,5-7,9-11,15-16,20,25H,4,8,12-14,17H2,(H,26,28)/t20-,25+/m0/s1. The van der Waals surface area contributed by atoms with Crippen molar-refractivity contribution in [3.63, 3.8) is 0 Å². The van der Waals surface area contributed by atoms with Gasteiger partial charge < -0.3 is 14.8 Å². The molecule has 0 spiro atoms. The number of thiophene rings is 1. The molecule has 2 aliphatic rings. The summed E-state index contributed by atoms with van der Waals surface area (Å²) in [5.74, 6) is 1.66. The number of nitrogens with zero attached hydrogens (tertiary/aromatic N) is 1. The highest BCUT2D eigenvalue weighted by Gasteiger charge is 2.29. The van der Waals surface area contributed by atoms with Crippen LogP contribution in [0.25, 0.3) is 0 Å². The molecule has 2 atom stereocenters. The Morgan fingerprint density at radius 1 is 1.06 bits per heavy atom. The molecule has 5 rings (SSSR count). The first-order valence-electron chi connectivity index (χ1n) is 10.8. The minimum Gasteiger partial charge on any atom is -0.486 e. The van der Waals surface area contributed by atoms with Crippen LogP contribution in [-0.2, 0) is 4.79 Å². The number of fused-ring (bicyclic) bond motifs is 1. The van der Waals surface area contributed by atoms with Crippen LogP contribution >= 0.6 is 11.3 Å². The second kappa shape index (κ2) is 9.12. The third kappa shape index (κ3) is 4.45. The molecule has 1 saturated heterocycles. The molecule has 2 aromatic carbocycles. The van der Waals surface area contributed by atoms with Crippen molar-refractivity contribution in [1.82, 2.24) is 10.2 Å². The lowest BCUT2D eigenvalue weighted by Gasteiger charge is -2.27. The highest BCUT2D eigenvalue weighted by atomic mass is 32.1. The first kappa shape index (κ1) is 20.1. The van der Waals surface area contributed by atoms with Gasteiger partial charge in [0.1, 0.15) is 13.2 Å². The Morgan fingerprint density at radius 2 is 1.90 bits per heavy atom. The third-order valence-corrected chi connectivity index (χ3v) is 6.86. The lowest BCUT2D eigenvalue weighted by Crippen LogP contribution is -2.38. The number of hydrogen-bond donors (Lipinski definition) is 1. The monoisotopic (exact) mass is 434 g/mol. The highest BCUT2D eigenvalue weighted by molar-refractivity contribution is 7.10. The van der Waals surface area contributed by atoms with Crippen LogP contribution in [0.5, 0.6) is 11.5 Å². The molecule has 0 bridgehead atoms. The number of carbonyl (C=O) groups excluding carboxylic acids is 1. The van der Waals surface area contributed by atoms with E-state index in [-0.39, 0.29) is 18.0 Å². The molecule has 31 heavy (non-hydrogen) atoms. The maximum absolute atomic E-state index is 13.1. The van der Waals surface area contributed by atoms with E-state index in [0.29, 0.717) is 19.8 Å². The maximum atomic E-state index is 13.1.